The lowest BCUT2D eigenvalue weighted by Crippen LogP contribution is -2.51. The van der Waals surface area contributed by atoms with E-state index in [4.69, 9.17) is 4.74 Å². The molecular formula is C11H13NO4. The van der Waals surface area contributed by atoms with Crippen LogP contribution in [0.15, 0.2) is 24.3 Å². The fourth-order valence-corrected chi connectivity index (χ4v) is 1.76. The number of morpholine rings is 1. The molecule has 1 atom stereocenters. The van der Waals surface area contributed by atoms with Crippen LogP contribution in [0.25, 0.3) is 0 Å². The standard InChI is InChI=1S/C11H13NO4/c13-5-8-6-16-7-11(15)12(8)9-3-1-2-4-10(9)14/h1-4,8,13-14H,5-7H2. The number of aliphatic hydroxyl groups is 1. The average Bonchev–Trinajstić information content (AvgIpc) is 2.30. The van der Waals surface area contributed by atoms with Crippen molar-refractivity contribution in [3.63, 3.8) is 0 Å². The zero-order chi connectivity index (χ0) is 11.5. The van der Waals surface area contributed by atoms with Gasteiger partial charge in [-0.25, -0.2) is 0 Å². The third-order valence-corrected chi connectivity index (χ3v) is 2.52. The second-order valence-corrected chi connectivity index (χ2v) is 3.60. The third kappa shape index (κ3) is 1.87. The van der Waals surface area contributed by atoms with Crippen molar-refractivity contribution in [3.8, 4) is 5.75 Å². The highest BCUT2D eigenvalue weighted by Gasteiger charge is 2.30. The van der Waals surface area contributed by atoms with Crippen molar-refractivity contribution >= 4 is 11.6 Å². The molecule has 5 heteroatoms. The maximum absolute atomic E-state index is 11.7. The molecule has 1 aromatic carbocycles. The van der Waals surface area contributed by atoms with Gasteiger partial charge in [-0.05, 0) is 12.1 Å². The van der Waals surface area contributed by atoms with E-state index in [1.807, 2.05) is 0 Å². The van der Waals surface area contributed by atoms with Crippen LogP contribution in [0.1, 0.15) is 0 Å². The molecule has 86 valence electrons. The highest BCUT2D eigenvalue weighted by Crippen LogP contribution is 2.29. The molecule has 1 saturated heterocycles. The molecule has 0 radical (unpaired) electrons. The Balaban J connectivity index is 2.36. The number of ether oxygens (including phenoxy) is 1. The first-order valence-electron chi connectivity index (χ1n) is 5.02. The maximum Gasteiger partial charge on any atom is 0.253 e. The van der Waals surface area contributed by atoms with E-state index >= 15 is 0 Å². The minimum absolute atomic E-state index is 0.0230. The molecule has 1 aromatic rings. The number of amides is 1. The van der Waals surface area contributed by atoms with E-state index in [9.17, 15) is 15.0 Å². The largest absolute Gasteiger partial charge is 0.506 e. The van der Waals surface area contributed by atoms with Gasteiger partial charge in [-0.15, -0.1) is 0 Å². The Morgan fingerprint density at radius 2 is 2.19 bits per heavy atom. The van der Waals surface area contributed by atoms with Crippen LogP contribution in [0.3, 0.4) is 0 Å². The Kier molecular flexibility index (Phi) is 3.07. The zero-order valence-electron chi connectivity index (χ0n) is 8.67. The average molecular weight is 223 g/mol. The van der Waals surface area contributed by atoms with Gasteiger partial charge in [-0.3, -0.25) is 9.69 Å². The van der Waals surface area contributed by atoms with Crippen molar-refractivity contribution in [2.24, 2.45) is 0 Å². The molecule has 1 amide bonds. The Morgan fingerprint density at radius 1 is 1.44 bits per heavy atom. The third-order valence-electron chi connectivity index (χ3n) is 2.52. The van der Waals surface area contributed by atoms with Crippen molar-refractivity contribution in [1.82, 2.24) is 0 Å². The molecule has 0 aliphatic carbocycles. The molecule has 1 fully saturated rings. The lowest BCUT2D eigenvalue weighted by Gasteiger charge is -2.34. The van der Waals surface area contributed by atoms with E-state index < -0.39 is 6.04 Å². The number of hydrogen-bond donors (Lipinski definition) is 2. The lowest BCUT2D eigenvalue weighted by atomic mass is 10.2. The van der Waals surface area contributed by atoms with Crippen molar-refractivity contribution in [1.29, 1.82) is 0 Å². The van der Waals surface area contributed by atoms with Gasteiger partial charge in [-0.1, -0.05) is 12.1 Å². The van der Waals surface area contributed by atoms with Crippen LogP contribution in [-0.4, -0.2) is 42.0 Å². The minimum atomic E-state index is -0.436. The summed E-state index contributed by atoms with van der Waals surface area (Å²) < 4.78 is 5.04. The summed E-state index contributed by atoms with van der Waals surface area (Å²) in [4.78, 5) is 13.1. The van der Waals surface area contributed by atoms with Gasteiger partial charge in [0.1, 0.15) is 12.4 Å². The summed E-state index contributed by atoms with van der Waals surface area (Å²) in [6, 6.07) is 6.12. The van der Waals surface area contributed by atoms with Crippen LogP contribution in [0.2, 0.25) is 0 Å². The number of benzene rings is 1. The number of rotatable bonds is 2. The van der Waals surface area contributed by atoms with Crippen LogP contribution in [0.5, 0.6) is 5.75 Å². The summed E-state index contributed by atoms with van der Waals surface area (Å²) in [6.45, 7) is 0.0570. The molecule has 2 rings (SSSR count). The number of phenolic OH excluding ortho intramolecular Hbond substituents is 1. The molecule has 1 heterocycles. The van der Waals surface area contributed by atoms with Gasteiger partial charge in [0.2, 0.25) is 0 Å². The van der Waals surface area contributed by atoms with Crippen LogP contribution in [0, 0.1) is 0 Å². The van der Waals surface area contributed by atoms with E-state index in [0.29, 0.717) is 5.69 Å². The van der Waals surface area contributed by atoms with E-state index in [-0.39, 0.29) is 31.5 Å². The van der Waals surface area contributed by atoms with Gasteiger partial charge < -0.3 is 14.9 Å². The Bertz CT molecular complexity index is 393. The topological polar surface area (TPSA) is 70.0 Å². The first-order chi connectivity index (χ1) is 7.74. The first kappa shape index (κ1) is 10.9. The highest BCUT2D eigenvalue weighted by molar-refractivity contribution is 5.96. The quantitative estimate of drug-likeness (QED) is 0.747. The predicted octanol–water partition coefficient (Wildman–Crippen LogP) is 0.116. The number of para-hydroxylation sites is 2. The van der Waals surface area contributed by atoms with E-state index in [1.54, 1.807) is 18.2 Å². The van der Waals surface area contributed by atoms with Crippen molar-refractivity contribution in [3.05, 3.63) is 24.3 Å². The molecule has 16 heavy (non-hydrogen) atoms. The van der Waals surface area contributed by atoms with Gasteiger partial charge in [0.05, 0.1) is 24.9 Å². The number of aromatic hydroxyl groups is 1. The summed E-state index contributed by atoms with van der Waals surface area (Å²) in [5.74, 6) is -0.233. The molecule has 5 nitrogen and oxygen atoms in total. The number of anilines is 1. The van der Waals surface area contributed by atoms with Gasteiger partial charge in [0.15, 0.2) is 0 Å². The molecule has 0 aromatic heterocycles. The van der Waals surface area contributed by atoms with Crippen molar-refractivity contribution in [2.45, 2.75) is 6.04 Å². The summed E-state index contributed by atoms with van der Waals surface area (Å²) >= 11 is 0. The second-order valence-electron chi connectivity index (χ2n) is 3.60. The fraction of sp³-hybridized carbons (Fsp3) is 0.364. The summed E-state index contributed by atoms with van der Waals surface area (Å²) in [5, 5.41) is 18.9. The molecule has 1 unspecified atom stereocenters. The molecule has 0 spiro atoms. The highest BCUT2D eigenvalue weighted by atomic mass is 16.5. The summed E-state index contributed by atoms with van der Waals surface area (Å²) in [5.41, 5.74) is 0.412. The zero-order valence-corrected chi connectivity index (χ0v) is 8.67. The Morgan fingerprint density at radius 3 is 2.88 bits per heavy atom. The number of hydrogen-bond acceptors (Lipinski definition) is 4. The molecule has 1 aliphatic heterocycles. The number of carbonyl (C=O) groups excluding carboxylic acids is 1. The number of aliphatic hydroxyl groups excluding tert-OH is 1. The number of carbonyl (C=O) groups is 1. The molecule has 0 bridgehead atoms. The predicted molar refractivity (Wildman–Crippen MR) is 57.3 cm³/mol. The van der Waals surface area contributed by atoms with Crippen LogP contribution in [-0.2, 0) is 9.53 Å². The minimum Gasteiger partial charge on any atom is -0.506 e. The summed E-state index contributed by atoms with van der Waals surface area (Å²) in [6.07, 6.45) is 0. The van der Waals surface area contributed by atoms with Gasteiger partial charge in [0, 0.05) is 0 Å². The lowest BCUT2D eigenvalue weighted by molar-refractivity contribution is -0.128. The Hall–Kier alpha value is -1.59. The van der Waals surface area contributed by atoms with Crippen LogP contribution >= 0.6 is 0 Å². The van der Waals surface area contributed by atoms with E-state index in [0.717, 1.165) is 0 Å². The van der Waals surface area contributed by atoms with Crippen LogP contribution < -0.4 is 4.90 Å². The first-order valence-corrected chi connectivity index (χ1v) is 5.02. The second kappa shape index (κ2) is 4.51. The van der Waals surface area contributed by atoms with E-state index in [1.165, 1.54) is 11.0 Å². The molecule has 2 N–H and O–H groups in total. The van der Waals surface area contributed by atoms with Gasteiger partial charge in [-0.2, -0.15) is 0 Å². The number of phenols is 1. The fourth-order valence-electron chi connectivity index (χ4n) is 1.76. The molecule has 0 saturated carbocycles. The molecular weight excluding hydrogens is 210 g/mol. The van der Waals surface area contributed by atoms with Crippen molar-refractivity contribution in [2.75, 3.05) is 24.7 Å². The van der Waals surface area contributed by atoms with Gasteiger partial charge in [0.25, 0.3) is 5.91 Å². The van der Waals surface area contributed by atoms with E-state index in [2.05, 4.69) is 0 Å². The van der Waals surface area contributed by atoms with Crippen LogP contribution in [0.4, 0.5) is 5.69 Å². The number of nitrogens with zero attached hydrogens (tertiary/aromatic N) is 1. The monoisotopic (exact) mass is 223 g/mol. The smallest absolute Gasteiger partial charge is 0.253 e. The van der Waals surface area contributed by atoms with Crippen molar-refractivity contribution < 1.29 is 19.7 Å². The Labute approximate surface area is 92.9 Å². The molecule has 1 aliphatic rings. The maximum atomic E-state index is 11.7. The summed E-state index contributed by atoms with van der Waals surface area (Å²) in [7, 11) is 0. The normalized spacial score (nSPS) is 21.2. The SMILES string of the molecule is O=C1COCC(CO)N1c1ccccc1O. The van der Waals surface area contributed by atoms with Gasteiger partial charge >= 0.3 is 0 Å².